The van der Waals surface area contributed by atoms with Gasteiger partial charge in [0.05, 0.1) is 13.2 Å². The fourth-order valence-corrected chi connectivity index (χ4v) is 2.13. The van der Waals surface area contributed by atoms with Crippen molar-refractivity contribution < 1.29 is 9.13 Å². The van der Waals surface area contributed by atoms with Gasteiger partial charge >= 0.3 is 0 Å². The van der Waals surface area contributed by atoms with Crippen LogP contribution in [0.4, 0.5) is 4.39 Å². The molecule has 0 aliphatic heterocycles. The first-order valence-electron chi connectivity index (χ1n) is 6.68. The summed E-state index contributed by atoms with van der Waals surface area (Å²) in [7, 11) is 1.46. The number of hydrazine groups is 1. The molecule has 1 aromatic carbocycles. The lowest BCUT2D eigenvalue weighted by Crippen LogP contribution is -2.33. The topological polar surface area (TPSA) is 50.5 Å². The van der Waals surface area contributed by atoms with Gasteiger partial charge < -0.3 is 9.64 Å². The zero-order valence-corrected chi connectivity index (χ0v) is 11.9. The molecule has 108 valence electrons. The minimum Gasteiger partial charge on any atom is -0.494 e. The smallest absolute Gasteiger partial charge is 0.169 e. The van der Waals surface area contributed by atoms with Crippen molar-refractivity contribution in [3.63, 3.8) is 0 Å². The van der Waals surface area contributed by atoms with Gasteiger partial charge in [0, 0.05) is 5.56 Å². The van der Waals surface area contributed by atoms with Gasteiger partial charge in [0.25, 0.3) is 0 Å². The second kappa shape index (κ2) is 8.09. The van der Waals surface area contributed by atoms with Crippen molar-refractivity contribution in [2.45, 2.75) is 26.3 Å². The molecule has 0 spiro atoms. The van der Waals surface area contributed by atoms with Gasteiger partial charge in [-0.15, -0.1) is 0 Å². The maximum Gasteiger partial charge on any atom is 0.169 e. The van der Waals surface area contributed by atoms with Gasteiger partial charge in [-0.05, 0) is 32.1 Å². The number of benzene rings is 1. The summed E-state index contributed by atoms with van der Waals surface area (Å²) in [5, 5.41) is 0. The molecule has 0 aliphatic carbocycles. The average Bonchev–Trinajstić information content (AvgIpc) is 2.45. The molecule has 4 nitrogen and oxygen atoms in total. The molecular weight excluding hydrogens is 245 g/mol. The molecule has 1 aromatic rings. The fraction of sp³-hybridized carbons (Fsp3) is 0.571. The molecular formula is C14H24FN3O. The lowest BCUT2D eigenvalue weighted by atomic mass is 10.0. The van der Waals surface area contributed by atoms with E-state index in [2.05, 4.69) is 24.2 Å². The number of hydrogen-bond acceptors (Lipinski definition) is 4. The Morgan fingerprint density at radius 2 is 2.05 bits per heavy atom. The maximum atomic E-state index is 14.2. The first-order chi connectivity index (χ1) is 9.17. The van der Waals surface area contributed by atoms with E-state index in [9.17, 15) is 4.39 Å². The molecule has 0 fully saturated rings. The molecule has 5 heteroatoms. The van der Waals surface area contributed by atoms with Crippen LogP contribution in [-0.4, -0.2) is 31.6 Å². The van der Waals surface area contributed by atoms with Crippen molar-refractivity contribution in [2.75, 3.05) is 26.7 Å². The largest absolute Gasteiger partial charge is 0.494 e. The van der Waals surface area contributed by atoms with Crippen LogP contribution in [0.15, 0.2) is 18.2 Å². The number of ether oxygens (including phenoxy) is 1. The molecule has 1 atom stereocenters. The van der Waals surface area contributed by atoms with Gasteiger partial charge in [0.15, 0.2) is 11.6 Å². The Labute approximate surface area is 114 Å². The lowest BCUT2D eigenvalue weighted by molar-refractivity contribution is 0.280. The molecule has 0 heterocycles. The van der Waals surface area contributed by atoms with Crippen LogP contribution in [0, 0.1) is 5.82 Å². The van der Waals surface area contributed by atoms with Gasteiger partial charge in [0.2, 0.25) is 0 Å². The van der Waals surface area contributed by atoms with Crippen LogP contribution in [-0.2, 0) is 0 Å². The summed E-state index contributed by atoms with van der Waals surface area (Å²) in [4.78, 5) is 2.28. The van der Waals surface area contributed by atoms with Crippen molar-refractivity contribution in [1.29, 1.82) is 0 Å². The summed E-state index contributed by atoms with van der Waals surface area (Å²) in [6, 6.07) is 4.91. The van der Waals surface area contributed by atoms with E-state index >= 15 is 0 Å². The summed E-state index contributed by atoms with van der Waals surface area (Å²) in [5.41, 5.74) is 3.24. The molecule has 1 unspecified atom stereocenters. The zero-order valence-electron chi connectivity index (χ0n) is 11.9. The van der Waals surface area contributed by atoms with Gasteiger partial charge in [-0.25, -0.2) is 4.39 Å². The van der Waals surface area contributed by atoms with Crippen molar-refractivity contribution in [3.8, 4) is 5.75 Å². The Balaban J connectivity index is 2.79. The molecule has 0 aromatic heterocycles. The monoisotopic (exact) mass is 269 g/mol. The third kappa shape index (κ3) is 4.16. The van der Waals surface area contributed by atoms with Crippen molar-refractivity contribution in [3.05, 3.63) is 29.6 Å². The third-order valence-electron chi connectivity index (χ3n) is 3.42. The number of hydrogen-bond donors (Lipinski definition) is 2. The van der Waals surface area contributed by atoms with Crippen LogP contribution in [0.25, 0.3) is 0 Å². The van der Waals surface area contributed by atoms with Crippen molar-refractivity contribution >= 4 is 0 Å². The Morgan fingerprint density at radius 1 is 1.37 bits per heavy atom. The highest BCUT2D eigenvalue weighted by atomic mass is 19.1. The van der Waals surface area contributed by atoms with E-state index < -0.39 is 0 Å². The van der Waals surface area contributed by atoms with Crippen LogP contribution in [0.3, 0.4) is 0 Å². The predicted molar refractivity (Wildman–Crippen MR) is 75.4 cm³/mol. The molecule has 0 saturated carbocycles. The van der Waals surface area contributed by atoms with E-state index in [0.29, 0.717) is 5.56 Å². The minimum absolute atomic E-state index is 0.212. The first kappa shape index (κ1) is 15.9. The Kier molecular flexibility index (Phi) is 6.77. The number of halogens is 1. The number of nitrogens with zero attached hydrogens (tertiary/aromatic N) is 1. The summed E-state index contributed by atoms with van der Waals surface area (Å²) in [6.45, 7) is 7.06. The highest BCUT2D eigenvalue weighted by Gasteiger charge is 2.17. The summed E-state index contributed by atoms with van der Waals surface area (Å²) in [5.74, 6) is 5.47. The fourth-order valence-electron chi connectivity index (χ4n) is 2.13. The molecule has 0 radical (unpaired) electrons. The van der Waals surface area contributed by atoms with Crippen LogP contribution in [0.5, 0.6) is 5.75 Å². The Hall–Kier alpha value is -1.17. The second-order valence-electron chi connectivity index (χ2n) is 4.40. The number of rotatable bonds is 8. The first-order valence-corrected chi connectivity index (χ1v) is 6.68. The van der Waals surface area contributed by atoms with Crippen LogP contribution in [0.2, 0.25) is 0 Å². The van der Waals surface area contributed by atoms with Gasteiger partial charge in [-0.2, -0.15) is 0 Å². The maximum absolute atomic E-state index is 14.2. The number of nitrogens with one attached hydrogen (secondary N) is 1. The second-order valence-corrected chi connectivity index (χ2v) is 4.40. The van der Waals surface area contributed by atoms with E-state index in [1.165, 1.54) is 7.11 Å². The SMILES string of the molecule is CCN(CC)CCC(NN)c1cccc(OC)c1F. The van der Waals surface area contributed by atoms with E-state index in [-0.39, 0.29) is 17.6 Å². The molecule has 1 rings (SSSR count). The van der Waals surface area contributed by atoms with Crippen molar-refractivity contribution in [1.82, 2.24) is 10.3 Å². The van der Waals surface area contributed by atoms with E-state index in [1.807, 2.05) is 0 Å². The molecule has 19 heavy (non-hydrogen) atoms. The van der Waals surface area contributed by atoms with E-state index in [4.69, 9.17) is 10.6 Å². The zero-order chi connectivity index (χ0) is 14.3. The van der Waals surface area contributed by atoms with E-state index in [0.717, 1.165) is 26.1 Å². The molecule has 0 bridgehead atoms. The molecule has 3 N–H and O–H groups in total. The molecule has 0 aliphatic rings. The summed E-state index contributed by atoms with van der Waals surface area (Å²) in [6.07, 6.45) is 0.752. The Bertz CT molecular complexity index is 383. The standard InChI is InChI=1S/C14H24FN3O/c1-4-18(5-2)10-9-12(17-16)11-7-6-8-13(19-3)14(11)15/h6-8,12,17H,4-5,9-10,16H2,1-3H3. The highest BCUT2D eigenvalue weighted by Crippen LogP contribution is 2.26. The number of nitrogens with two attached hydrogens (primary N) is 1. The van der Waals surface area contributed by atoms with Crippen LogP contribution < -0.4 is 16.0 Å². The quantitative estimate of drug-likeness (QED) is 0.560. The van der Waals surface area contributed by atoms with Gasteiger partial charge in [0.1, 0.15) is 0 Å². The molecule has 0 amide bonds. The molecule has 0 saturated heterocycles. The predicted octanol–water partition coefficient (Wildman–Crippen LogP) is 2.07. The van der Waals surface area contributed by atoms with Gasteiger partial charge in [-0.3, -0.25) is 11.3 Å². The number of methoxy groups -OCH3 is 1. The lowest BCUT2D eigenvalue weighted by Gasteiger charge is -2.23. The minimum atomic E-state index is -0.340. The summed E-state index contributed by atoms with van der Waals surface area (Å²) >= 11 is 0. The third-order valence-corrected chi connectivity index (χ3v) is 3.42. The Morgan fingerprint density at radius 3 is 2.58 bits per heavy atom. The van der Waals surface area contributed by atoms with Crippen LogP contribution >= 0.6 is 0 Å². The van der Waals surface area contributed by atoms with Crippen molar-refractivity contribution in [2.24, 2.45) is 5.84 Å². The van der Waals surface area contributed by atoms with E-state index in [1.54, 1.807) is 18.2 Å². The normalized spacial score (nSPS) is 12.7. The van der Waals surface area contributed by atoms with Crippen LogP contribution in [0.1, 0.15) is 31.9 Å². The highest BCUT2D eigenvalue weighted by molar-refractivity contribution is 5.33. The van der Waals surface area contributed by atoms with Gasteiger partial charge in [-0.1, -0.05) is 26.0 Å². The average molecular weight is 269 g/mol. The summed E-state index contributed by atoms with van der Waals surface area (Å²) < 4.78 is 19.2.